The van der Waals surface area contributed by atoms with Gasteiger partial charge in [-0.2, -0.15) is 5.10 Å². The number of benzene rings is 1. The van der Waals surface area contributed by atoms with E-state index in [0.717, 1.165) is 0 Å². The average molecular weight is 320 g/mol. The fraction of sp³-hybridized carbons (Fsp3) is 0.182. The topological polar surface area (TPSA) is 64.0 Å². The number of nitrogens with zero attached hydrogens (tertiary/aromatic N) is 2. The molecule has 0 amide bonds. The Labute approximate surface area is 121 Å². The molecule has 102 valence electrons. The predicted octanol–water partition coefficient (Wildman–Crippen LogP) is 3.01. The molecule has 5 nitrogen and oxygen atoms in total. The van der Waals surface area contributed by atoms with E-state index < -0.39 is 10.0 Å². The van der Waals surface area contributed by atoms with Crippen LogP contribution in [0, 0.1) is 0 Å². The van der Waals surface area contributed by atoms with Gasteiger partial charge in [-0.05, 0) is 19.1 Å². The van der Waals surface area contributed by atoms with Crippen molar-refractivity contribution in [1.29, 1.82) is 0 Å². The summed E-state index contributed by atoms with van der Waals surface area (Å²) in [6.07, 6.45) is 3.02. The van der Waals surface area contributed by atoms with Gasteiger partial charge < -0.3 is 0 Å². The van der Waals surface area contributed by atoms with Crippen molar-refractivity contribution in [3.8, 4) is 0 Å². The molecule has 1 N–H and O–H groups in total. The third kappa shape index (κ3) is 3.02. The molecular formula is C11H11Cl2N3O2S. The minimum atomic E-state index is -3.78. The van der Waals surface area contributed by atoms with E-state index in [9.17, 15) is 8.42 Å². The summed E-state index contributed by atoms with van der Waals surface area (Å²) >= 11 is 11.7. The number of aromatic nitrogens is 2. The second-order valence-electron chi connectivity index (χ2n) is 3.74. The van der Waals surface area contributed by atoms with Crippen LogP contribution >= 0.6 is 23.2 Å². The highest BCUT2D eigenvalue weighted by Gasteiger charge is 2.20. The molecule has 2 aromatic rings. The Hall–Kier alpha value is -1.24. The van der Waals surface area contributed by atoms with Crippen LogP contribution in [-0.2, 0) is 16.6 Å². The maximum Gasteiger partial charge on any atom is 0.263 e. The van der Waals surface area contributed by atoms with Gasteiger partial charge >= 0.3 is 0 Å². The maximum absolute atomic E-state index is 12.2. The Morgan fingerprint density at radius 3 is 2.74 bits per heavy atom. The Balaban J connectivity index is 2.35. The Kier molecular flexibility index (Phi) is 4.03. The zero-order valence-corrected chi connectivity index (χ0v) is 12.3. The van der Waals surface area contributed by atoms with Gasteiger partial charge in [0.1, 0.15) is 4.90 Å². The molecule has 0 spiro atoms. The summed E-state index contributed by atoms with van der Waals surface area (Å²) in [5, 5.41) is 4.17. The van der Waals surface area contributed by atoms with Crippen LogP contribution in [0.1, 0.15) is 6.92 Å². The second-order valence-corrected chi connectivity index (χ2v) is 6.18. The molecule has 0 saturated heterocycles. The lowest BCUT2D eigenvalue weighted by molar-refractivity contribution is 0.601. The maximum atomic E-state index is 12.2. The summed E-state index contributed by atoms with van der Waals surface area (Å²) in [6, 6.07) is 4.44. The highest BCUT2D eigenvalue weighted by Crippen LogP contribution is 2.29. The van der Waals surface area contributed by atoms with Crippen molar-refractivity contribution in [3.63, 3.8) is 0 Å². The van der Waals surface area contributed by atoms with Gasteiger partial charge in [-0.25, -0.2) is 8.42 Å². The lowest BCUT2D eigenvalue weighted by atomic mass is 10.4. The van der Waals surface area contributed by atoms with Crippen LogP contribution in [-0.4, -0.2) is 18.2 Å². The van der Waals surface area contributed by atoms with E-state index in [1.54, 1.807) is 10.9 Å². The molecule has 0 saturated carbocycles. The molecule has 19 heavy (non-hydrogen) atoms. The number of halogens is 2. The van der Waals surface area contributed by atoms with E-state index in [1.807, 2.05) is 6.92 Å². The summed E-state index contributed by atoms with van der Waals surface area (Å²) in [5.41, 5.74) is 0.373. The summed E-state index contributed by atoms with van der Waals surface area (Å²) in [7, 11) is -3.78. The number of rotatable bonds is 4. The van der Waals surface area contributed by atoms with Crippen molar-refractivity contribution >= 4 is 38.9 Å². The first-order valence-electron chi connectivity index (χ1n) is 5.43. The molecule has 0 atom stereocenters. The Morgan fingerprint density at radius 2 is 2.11 bits per heavy atom. The number of hydrogen-bond acceptors (Lipinski definition) is 3. The van der Waals surface area contributed by atoms with Crippen molar-refractivity contribution in [3.05, 3.63) is 40.6 Å². The highest BCUT2D eigenvalue weighted by atomic mass is 35.5. The number of sulfonamides is 1. The smallest absolute Gasteiger partial charge is 0.263 e. The van der Waals surface area contributed by atoms with E-state index in [4.69, 9.17) is 23.2 Å². The van der Waals surface area contributed by atoms with Crippen molar-refractivity contribution in [2.75, 3.05) is 4.72 Å². The summed E-state index contributed by atoms with van der Waals surface area (Å²) in [6.45, 7) is 2.55. The largest absolute Gasteiger partial charge is 0.276 e. The molecule has 1 aromatic carbocycles. The van der Waals surface area contributed by atoms with Crippen molar-refractivity contribution in [2.45, 2.75) is 18.4 Å². The molecule has 0 fully saturated rings. The molecule has 0 radical (unpaired) electrons. The van der Waals surface area contributed by atoms with Crippen molar-refractivity contribution in [2.24, 2.45) is 0 Å². The van der Waals surface area contributed by atoms with E-state index in [1.165, 1.54) is 24.4 Å². The molecule has 8 heteroatoms. The first kappa shape index (κ1) is 14.2. The van der Waals surface area contributed by atoms with E-state index in [2.05, 4.69) is 9.82 Å². The highest BCUT2D eigenvalue weighted by molar-refractivity contribution is 7.92. The van der Waals surface area contributed by atoms with Crippen LogP contribution < -0.4 is 4.72 Å². The first-order chi connectivity index (χ1) is 8.94. The monoisotopic (exact) mass is 319 g/mol. The van der Waals surface area contributed by atoms with Crippen LogP contribution in [0.25, 0.3) is 0 Å². The minimum absolute atomic E-state index is 0.000417. The number of anilines is 1. The van der Waals surface area contributed by atoms with E-state index in [0.29, 0.717) is 12.2 Å². The fourth-order valence-electron chi connectivity index (χ4n) is 1.49. The number of aryl methyl sites for hydroxylation is 1. The van der Waals surface area contributed by atoms with Crippen LogP contribution in [0.5, 0.6) is 0 Å². The van der Waals surface area contributed by atoms with Gasteiger partial charge in [-0.1, -0.05) is 29.3 Å². The van der Waals surface area contributed by atoms with E-state index in [-0.39, 0.29) is 14.9 Å². The van der Waals surface area contributed by atoms with Gasteiger partial charge in [0, 0.05) is 12.7 Å². The number of hydrogen-bond donors (Lipinski definition) is 1. The van der Waals surface area contributed by atoms with Gasteiger partial charge in [0.05, 0.1) is 21.9 Å². The SMILES string of the molecule is CCn1cc(NS(=O)(=O)c2cccc(Cl)c2Cl)cn1. The van der Waals surface area contributed by atoms with Gasteiger partial charge in [-0.3, -0.25) is 9.40 Å². The molecular weight excluding hydrogens is 309 g/mol. The quantitative estimate of drug-likeness (QED) is 0.942. The zero-order valence-electron chi connectivity index (χ0n) is 9.97. The Bertz CT molecular complexity index is 698. The van der Waals surface area contributed by atoms with Crippen molar-refractivity contribution < 1.29 is 8.42 Å². The lowest BCUT2D eigenvalue weighted by Crippen LogP contribution is -2.13. The zero-order chi connectivity index (χ0) is 14.0. The molecule has 0 aliphatic heterocycles. The van der Waals surface area contributed by atoms with Crippen molar-refractivity contribution in [1.82, 2.24) is 9.78 Å². The van der Waals surface area contributed by atoms with E-state index >= 15 is 0 Å². The van der Waals surface area contributed by atoms with Crippen LogP contribution in [0.15, 0.2) is 35.5 Å². The molecule has 1 aromatic heterocycles. The Morgan fingerprint density at radius 1 is 1.37 bits per heavy atom. The summed E-state index contributed by atoms with van der Waals surface area (Å²) in [5.74, 6) is 0. The van der Waals surface area contributed by atoms with Gasteiger partial charge in [0.25, 0.3) is 10.0 Å². The first-order valence-corrected chi connectivity index (χ1v) is 7.67. The normalized spacial score (nSPS) is 11.5. The van der Waals surface area contributed by atoms with Gasteiger partial charge in [0.15, 0.2) is 0 Å². The van der Waals surface area contributed by atoms with Crippen LogP contribution in [0.4, 0.5) is 5.69 Å². The summed E-state index contributed by atoms with van der Waals surface area (Å²) in [4.78, 5) is -0.0640. The molecule has 0 unspecified atom stereocenters. The molecule has 0 bridgehead atoms. The minimum Gasteiger partial charge on any atom is -0.276 e. The van der Waals surface area contributed by atoms with Crippen LogP contribution in [0.3, 0.4) is 0 Å². The van der Waals surface area contributed by atoms with Gasteiger partial charge in [-0.15, -0.1) is 0 Å². The molecule has 1 heterocycles. The molecule has 0 aliphatic rings. The third-order valence-electron chi connectivity index (χ3n) is 2.42. The standard InChI is InChI=1S/C11H11Cl2N3O2S/c1-2-16-7-8(6-14-16)15-19(17,18)10-5-3-4-9(12)11(10)13/h3-7,15H,2H2,1H3. The molecule has 0 aliphatic carbocycles. The second kappa shape index (κ2) is 5.40. The number of nitrogens with one attached hydrogen (secondary N) is 1. The third-order valence-corrected chi connectivity index (χ3v) is 4.77. The van der Waals surface area contributed by atoms with Crippen LogP contribution in [0.2, 0.25) is 10.0 Å². The average Bonchev–Trinajstić information content (AvgIpc) is 2.79. The summed E-state index contributed by atoms with van der Waals surface area (Å²) < 4.78 is 28.4. The predicted molar refractivity (Wildman–Crippen MR) is 75.2 cm³/mol. The van der Waals surface area contributed by atoms with Gasteiger partial charge in [0.2, 0.25) is 0 Å². The molecule has 2 rings (SSSR count). The lowest BCUT2D eigenvalue weighted by Gasteiger charge is -2.08. The fourth-order valence-corrected chi connectivity index (χ4v) is 3.28.